The highest BCUT2D eigenvalue weighted by Crippen LogP contribution is 2.37. The van der Waals surface area contributed by atoms with Crippen molar-refractivity contribution in [1.82, 2.24) is 21.3 Å². The average molecular weight is 777 g/mol. The lowest BCUT2D eigenvalue weighted by Gasteiger charge is -2.26. The van der Waals surface area contributed by atoms with Crippen molar-refractivity contribution in [3.8, 4) is 5.75 Å². The molecule has 0 spiro atoms. The van der Waals surface area contributed by atoms with Gasteiger partial charge in [0.05, 0.1) is 6.04 Å². The number of benzene rings is 1. The zero-order valence-electron chi connectivity index (χ0n) is 27.8. The van der Waals surface area contributed by atoms with Crippen molar-refractivity contribution >= 4 is 61.2 Å². The number of carboxylic acids is 4. The van der Waals surface area contributed by atoms with Crippen LogP contribution in [0.15, 0.2) is 24.3 Å². The van der Waals surface area contributed by atoms with E-state index in [0.717, 1.165) is 12.1 Å². The number of rotatable bonds is 25. The second-order valence-electron chi connectivity index (χ2n) is 11.4. The van der Waals surface area contributed by atoms with Crippen LogP contribution in [0.4, 0.5) is 0 Å². The molecule has 0 radical (unpaired) electrons. The number of primary amides is 1. The predicted molar refractivity (Wildman–Crippen MR) is 175 cm³/mol. The van der Waals surface area contributed by atoms with Gasteiger partial charge in [-0.05, 0) is 43.4 Å². The Morgan fingerprint density at radius 2 is 0.925 bits per heavy atom. The van der Waals surface area contributed by atoms with Gasteiger partial charge in [-0.3, -0.25) is 52.9 Å². The number of phosphoric ester groups is 1. The van der Waals surface area contributed by atoms with E-state index in [4.69, 9.17) is 31.5 Å². The Labute approximate surface area is 300 Å². The number of hydrogen-bond acceptors (Lipinski definition) is 12. The first-order valence-corrected chi connectivity index (χ1v) is 17.1. The van der Waals surface area contributed by atoms with Gasteiger partial charge in [-0.15, -0.1) is 0 Å². The molecular weight excluding hydrogens is 735 g/mol. The molecule has 23 nitrogen and oxygen atoms in total. The van der Waals surface area contributed by atoms with E-state index >= 15 is 0 Å². The smallest absolute Gasteiger partial charge is 0.481 e. The van der Waals surface area contributed by atoms with E-state index < -0.39 is 136 Å². The second-order valence-corrected chi connectivity index (χ2v) is 12.6. The number of carbonyl (C=O) groups is 9. The minimum Gasteiger partial charge on any atom is -0.481 e. The molecule has 0 unspecified atom stereocenters. The standard InChI is InChI=1S/C29H41N6O17P/c30-16(5-9-21(36)37)26(45)32-17(6-10-22(38)39)27(46)33-18(7-11-23(40)41)28(47)34-19(8-12-24(42)43)29(48)35-20(25(31)44)13-14-1-3-15(4-2-14)52-53(49,50)51/h1-4,16-20H,5-13,30H2,(H2,31,44)(H,32,45)(H,33,46)(H,34,47)(H,35,48)(H,36,37)(H,38,39)(H,40,41)(H,42,43)(H2,49,50,51)/t16-,17-,18-,19-,20-/m0/s1. The molecule has 0 heterocycles. The van der Waals surface area contributed by atoms with E-state index in [1.807, 2.05) is 0 Å². The van der Waals surface area contributed by atoms with Crippen molar-refractivity contribution in [2.45, 2.75) is 88.0 Å². The number of amides is 5. The molecule has 0 aliphatic rings. The molecule has 0 saturated heterocycles. The third-order valence-corrected chi connectivity index (χ3v) is 7.54. The molecule has 1 rings (SSSR count). The lowest BCUT2D eigenvalue weighted by molar-refractivity contribution is -0.140. The second kappa shape index (κ2) is 21.7. The Bertz CT molecular complexity index is 1570. The maximum absolute atomic E-state index is 13.4. The van der Waals surface area contributed by atoms with Gasteiger partial charge in [0.15, 0.2) is 0 Å². The molecule has 0 aromatic heterocycles. The summed E-state index contributed by atoms with van der Waals surface area (Å²) in [6, 6.07) is -3.19. The molecule has 5 atom stereocenters. The van der Waals surface area contributed by atoms with Crippen LogP contribution in [0.25, 0.3) is 0 Å². The van der Waals surface area contributed by atoms with Crippen molar-refractivity contribution in [3.63, 3.8) is 0 Å². The van der Waals surface area contributed by atoms with Crippen molar-refractivity contribution in [2.24, 2.45) is 11.5 Å². The topological polar surface area (TPSA) is 401 Å². The summed E-state index contributed by atoms with van der Waals surface area (Å²) < 4.78 is 15.5. The summed E-state index contributed by atoms with van der Waals surface area (Å²) in [5.41, 5.74) is 11.4. The summed E-state index contributed by atoms with van der Waals surface area (Å²) in [5.74, 6) is -11.4. The first-order valence-electron chi connectivity index (χ1n) is 15.6. The lowest BCUT2D eigenvalue weighted by atomic mass is 10.0. The summed E-state index contributed by atoms with van der Waals surface area (Å²) in [5, 5.41) is 45.2. The van der Waals surface area contributed by atoms with E-state index in [9.17, 15) is 57.9 Å². The summed E-state index contributed by atoms with van der Waals surface area (Å²) in [4.78, 5) is 127. The first-order chi connectivity index (χ1) is 24.6. The van der Waals surface area contributed by atoms with Crippen molar-refractivity contribution < 1.29 is 82.5 Å². The molecule has 294 valence electrons. The molecule has 14 N–H and O–H groups in total. The number of carbonyl (C=O) groups excluding carboxylic acids is 5. The average Bonchev–Trinajstić information content (AvgIpc) is 3.04. The van der Waals surface area contributed by atoms with E-state index in [1.54, 1.807) is 0 Å². The van der Waals surface area contributed by atoms with Crippen LogP contribution in [-0.2, 0) is 54.1 Å². The summed E-state index contributed by atoms with van der Waals surface area (Å²) in [6.45, 7) is 0. The fourth-order valence-electron chi connectivity index (χ4n) is 4.40. The SMILES string of the molecule is NC(=O)[C@H](Cc1ccc(OP(=O)(O)O)cc1)NC(=O)[C@H](CCC(=O)O)NC(=O)[C@H](CCC(=O)O)NC(=O)[C@H](CCC(=O)O)NC(=O)[C@@H](N)CCC(=O)O. The van der Waals surface area contributed by atoms with Crippen LogP contribution < -0.4 is 37.3 Å². The molecule has 0 bridgehead atoms. The third-order valence-electron chi connectivity index (χ3n) is 7.09. The Balaban J connectivity index is 3.25. The van der Waals surface area contributed by atoms with Crippen molar-refractivity contribution in [2.75, 3.05) is 0 Å². The van der Waals surface area contributed by atoms with Crippen LogP contribution in [0, 0.1) is 0 Å². The van der Waals surface area contributed by atoms with Crippen LogP contribution in [0.5, 0.6) is 5.75 Å². The maximum Gasteiger partial charge on any atom is 0.524 e. The van der Waals surface area contributed by atoms with Gasteiger partial charge in [-0.2, -0.15) is 0 Å². The van der Waals surface area contributed by atoms with Crippen LogP contribution in [0.2, 0.25) is 0 Å². The number of phosphoric acid groups is 1. The zero-order valence-corrected chi connectivity index (χ0v) is 28.7. The molecule has 24 heteroatoms. The van der Waals surface area contributed by atoms with Gasteiger partial charge >= 0.3 is 31.7 Å². The quantitative estimate of drug-likeness (QED) is 0.0438. The predicted octanol–water partition coefficient (Wildman–Crippen LogP) is -3.09. The molecular formula is C29H41N6O17P. The number of aliphatic carboxylic acids is 4. The molecule has 0 aliphatic carbocycles. The highest BCUT2D eigenvalue weighted by atomic mass is 31.2. The minimum atomic E-state index is -4.87. The highest BCUT2D eigenvalue weighted by Gasteiger charge is 2.32. The van der Waals surface area contributed by atoms with Gasteiger partial charge in [0, 0.05) is 32.1 Å². The molecule has 1 aromatic carbocycles. The van der Waals surface area contributed by atoms with Gasteiger partial charge in [0.25, 0.3) is 0 Å². The first kappa shape index (κ1) is 45.4. The van der Waals surface area contributed by atoms with Gasteiger partial charge in [0.2, 0.25) is 29.5 Å². The largest absolute Gasteiger partial charge is 0.524 e. The zero-order chi connectivity index (χ0) is 40.5. The Kier molecular flexibility index (Phi) is 18.5. The number of hydrogen-bond donors (Lipinski definition) is 12. The molecule has 5 amide bonds. The summed E-state index contributed by atoms with van der Waals surface area (Å²) >= 11 is 0. The van der Waals surface area contributed by atoms with Gasteiger partial charge in [-0.1, -0.05) is 12.1 Å². The van der Waals surface area contributed by atoms with Gasteiger partial charge in [-0.25, -0.2) is 4.57 Å². The van der Waals surface area contributed by atoms with Gasteiger partial charge in [0.1, 0.15) is 29.9 Å². The Morgan fingerprint density at radius 1 is 0.585 bits per heavy atom. The van der Waals surface area contributed by atoms with Crippen LogP contribution in [-0.4, -0.2) is 114 Å². The molecule has 0 saturated carbocycles. The van der Waals surface area contributed by atoms with Crippen LogP contribution >= 0.6 is 7.82 Å². The third kappa shape index (κ3) is 19.0. The monoisotopic (exact) mass is 776 g/mol. The van der Waals surface area contributed by atoms with E-state index in [1.165, 1.54) is 12.1 Å². The van der Waals surface area contributed by atoms with E-state index in [2.05, 4.69) is 25.8 Å². The molecule has 53 heavy (non-hydrogen) atoms. The summed E-state index contributed by atoms with van der Waals surface area (Å²) in [6.07, 6.45) is -5.05. The highest BCUT2D eigenvalue weighted by molar-refractivity contribution is 7.46. The Morgan fingerprint density at radius 3 is 1.26 bits per heavy atom. The summed E-state index contributed by atoms with van der Waals surface area (Å²) in [7, 11) is -4.87. The van der Waals surface area contributed by atoms with Crippen molar-refractivity contribution in [1.29, 1.82) is 0 Å². The fourth-order valence-corrected chi connectivity index (χ4v) is 4.79. The maximum atomic E-state index is 13.4. The van der Waals surface area contributed by atoms with E-state index in [-0.39, 0.29) is 18.6 Å². The van der Waals surface area contributed by atoms with Crippen molar-refractivity contribution in [3.05, 3.63) is 29.8 Å². The van der Waals surface area contributed by atoms with Crippen LogP contribution in [0.3, 0.4) is 0 Å². The minimum absolute atomic E-state index is 0.224. The number of carboxylic acid groups (broad SMARTS) is 4. The Hall–Kier alpha value is -5.64. The normalized spacial score (nSPS) is 13.9. The number of nitrogens with one attached hydrogen (secondary N) is 4. The molecule has 0 fully saturated rings. The van der Waals surface area contributed by atoms with E-state index in [0.29, 0.717) is 5.56 Å². The fraction of sp³-hybridized carbons (Fsp3) is 0.483. The molecule has 0 aliphatic heterocycles. The lowest BCUT2D eigenvalue weighted by Crippen LogP contribution is -2.59. The molecule has 1 aromatic rings. The van der Waals surface area contributed by atoms with Gasteiger partial charge < -0.3 is 57.7 Å². The number of nitrogens with two attached hydrogens (primary N) is 2. The van der Waals surface area contributed by atoms with Crippen LogP contribution in [0.1, 0.15) is 56.9 Å².